The summed E-state index contributed by atoms with van der Waals surface area (Å²) in [6, 6.07) is 5.76. The van der Waals surface area contributed by atoms with E-state index >= 15 is 0 Å². The van der Waals surface area contributed by atoms with Gasteiger partial charge in [0.2, 0.25) is 5.88 Å². The number of alkyl halides is 3. The molecule has 0 N–H and O–H groups in total. The number of anilines is 1. The van der Waals surface area contributed by atoms with E-state index in [1.165, 1.54) is 6.07 Å². The van der Waals surface area contributed by atoms with Crippen molar-refractivity contribution in [3.63, 3.8) is 0 Å². The fourth-order valence-electron chi connectivity index (χ4n) is 4.21. The van der Waals surface area contributed by atoms with E-state index in [-0.39, 0.29) is 23.3 Å². The molecule has 0 aliphatic carbocycles. The molecule has 1 aliphatic rings. The topological polar surface area (TPSA) is 43.2 Å². The highest BCUT2D eigenvalue weighted by molar-refractivity contribution is 5.60. The number of rotatable bonds is 7. The van der Waals surface area contributed by atoms with Crippen LogP contribution in [0, 0.1) is 23.4 Å². The second-order valence-corrected chi connectivity index (χ2v) is 8.97. The maximum Gasteiger partial charge on any atom is 0.417 e. The molecule has 1 fully saturated rings. The summed E-state index contributed by atoms with van der Waals surface area (Å²) in [5, 5.41) is 4.43. The fraction of sp³-hybridized carbons (Fsp3) is 0.440. The average molecular weight is 512 g/mol. The van der Waals surface area contributed by atoms with Gasteiger partial charge in [-0.25, -0.2) is 22.8 Å². The van der Waals surface area contributed by atoms with Crippen LogP contribution in [0.15, 0.2) is 36.5 Å². The van der Waals surface area contributed by atoms with Crippen LogP contribution in [-0.4, -0.2) is 34.0 Å². The molecule has 1 aliphatic heterocycles. The number of pyridine rings is 1. The minimum absolute atomic E-state index is 0.00141. The zero-order valence-corrected chi connectivity index (χ0v) is 19.8. The molecule has 0 saturated carbocycles. The Bertz CT molecular complexity index is 1170. The molecule has 2 aromatic heterocycles. The molecule has 0 bridgehead atoms. The van der Waals surface area contributed by atoms with Gasteiger partial charge in [-0.3, -0.25) is 0 Å². The SMILES string of the molecule is CCCCn1nc(-c2cc(F)c(F)c(F)c2)cc1O[C@H]1CCN(c2ccc(C(F)(F)F)cn2)C[C@@H]1C. The summed E-state index contributed by atoms with van der Waals surface area (Å²) >= 11 is 0. The van der Waals surface area contributed by atoms with E-state index in [9.17, 15) is 26.3 Å². The van der Waals surface area contributed by atoms with Crippen molar-refractivity contribution < 1.29 is 31.1 Å². The summed E-state index contributed by atoms with van der Waals surface area (Å²) < 4.78 is 87.3. The maximum atomic E-state index is 13.8. The van der Waals surface area contributed by atoms with Crippen LogP contribution in [0.5, 0.6) is 5.88 Å². The molecule has 0 unspecified atom stereocenters. The molecule has 5 nitrogen and oxygen atoms in total. The first-order valence-electron chi connectivity index (χ1n) is 11.7. The van der Waals surface area contributed by atoms with Gasteiger partial charge < -0.3 is 9.64 Å². The molecule has 194 valence electrons. The zero-order valence-electron chi connectivity index (χ0n) is 19.8. The largest absolute Gasteiger partial charge is 0.474 e. The summed E-state index contributed by atoms with van der Waals surface area (Å²) in [5.41, 5.74) is -0.435. The molecule has 2 atom stereocenters. The fourth-order valence-corrected chi connectivity index (χ4v) is 4.21. The van der Waals surface area contributed by atoms with Gasteiger partial charge in [0.1, 0.15) is 11.9 Å². The Morgan fingerprint density at radius 2 is 1.81 bits per heavy atom. The third kappa shape index (κ3) is 5.60. The molecule has 4 rings (SSSR count). The maximum absolute atomic E-state index is 13.8. The first kappa shape index (κ1) is 25.8. The third-order valence-electron chi connectivity index (χ3n) is 6.24. The molecule has 11 heteroatoms. The number of nitrogens with zero attached hydrogens (tertiary/aromatic N) is 4. The van der Waals surface area contributed by atoms with Crippen LogP contribution in [0.4, 0.5) is 32.2 Å². The lowest BCUT2D eigenvalue weighted by Crippen LogP contribution is -2.45. The lowest BCUT2D eigenvalue weighted by molar-refractivity contribution is -0.137. The van der Waals surface area contributed by atoms with E-state index in [4.69, 9.17) is 4.74 Å². The number of halogens is 6. The van der Waals surface area contributed by atoms with Crippen LogP contribution in [0.2, 0.25) is 0 Å². The quantitative estimate of drug-likeness (QED) is 0.269. The summed E-state index contributed by atoms with van der Waals surface area (Å²) in [6.45, 7) is 5.56. The molecule has 1 saturated heterocycles. The van der Waals surface area contributed by atoms with E-state index in [1.807, 2.05) is 18.7 Å². The smallest absolute Gasteiger partial charge is 0.417 e. The van der Waals surface area contributed by atoms with Crippen molar-refractivity contribution in [2.75, 3.05) is 18.0 Å². The van der Waals surface area contributed by atoms with Crippen LogP contribution in [0.25, 0.3) is 11.3 Å². The Balaban J connectivity index is 1.49. The molecular weight excluding hydrogens is 486 g/mol. The van der Waals surface area contributed by atoms with Crippen molar-refractivity contribution in [1.82, 2.24) is 14.8 Å². The molecule has 0 amide bonds. The predicted molar refractivity (Wildman–Crippen MR) is 122 cm³/mol. The number of aryl methyl sites for hydroxylation is 1. The number of hydrogen-bond donors (Lipinski definition) is 0. The van der Waals surface area contributed by atoms with Crippen LogP contribution in [0.3, 0.4) is 0 Å². The highest BCUT2D eigenvalue weighted by atomic mass is 19.4. The molecule has 1 aromatic carbocycles. The van der Waals surface area contributed by atoms with Gasteiger partial charge in [0.25, 0.3) is 0 Å². The number of benzene rings is 1. The van der Waals surface area contributed by atoms with Crippen molar-refractivity contribution in [3.8, 4) is 17.1 Å². The lowest BCUT2D eigenvalue weighted by atomic mass is 9.96. The summed E-state index contributed by atoms with van der Waals surface area (Å²) in [6.07, 6.45) is -1.55. The Morgan fingerprint density at radius 3 is 2.39 bits per heavy atom. The van der Waals surface area contributed by atoms with Gasteiger partial charge in [-0.2, -0.15) is 18.3 Å². The van der Waals surface area contributed by atoms with Crippen LogP contribution < -0.4 is 9.64 Å². The molecular formula is C25H26F6N4O. The minimum atomic E-state index is -4.44. The Labute approximate surface area is 204 Å². The van der Waals surface area contributed by atoms with E-state index in [0.717, 1.165) is 37.2 Å². The number of aromatic nitrogens is 3. The van der Waals surface area contributed by atoms with E-state index in [2.05, 4.69) is 10.1 Å². The normalized spacial score (nSPS) is 18.5. The second-order valence-electron chi connectivity index (χ2n) is 8.97. The summed E-state index contributed by atoms with van der Waals surface area (Å²) in [4.78, 5) is 5.89. The molecule has 3 aromatic rings. The minimum Gasteiger partial charge on any atom is -0.474 e. The van der Waals surface area contributed by atoms with Gasteiger partial charge in [0.05, 0.1) is 11.3 Å². The van der Waals surface area contributed by atoms with Crippen LogP contribution >= 0.6 is 0 Å². The molecule has 0 radical (unpaired) electrons. The van der Waals surface area contributed by atoms with Crippen molar-refractivity contribution in [1.29, 1.82) is 0 Å². The van der Waals surface area contributed by atoms with Crippen molar-refractivity contribution in [3.05, 3.63) is 59.5 Å². The van der Waals surface area contributed by atoms with Gasteiger partial charge in [0, 0.05) is 49.8 Å². The third-order valence-corrected chi connectivity index (χ3v) is 6.24. The zero-order chi connectivity index (χ0) is 26.0. The Hall–Kier alpha value is -3.24. The standard InChI is InChI=1S/C25H26F6N4O/c1-3-4-8-35-23(12-20(33-35)16-10-18(26)24(28)19(27)11-16)36-21-7-9-34(14-15(21)2)22-6-5-17(13-32-22)25(29,30)31/h5-6,10-13,15,21H,3-4,7-9,14H2,1-2H3/t15-,21-/m0/s1. The Kier molecular flexibility index (Phi) is 7.46. The molecule has 0 spiro atoms. The molecule has 36 heavy (non-hydrogen) atoms. The monoisotopic (exact) mass is 512 g/mol. The highest BCUT2D eigenvalue weighted by Gasteiger charge is 2.32. The van der Waals surface area contributed by atoms with E-state index in [0.29, 0.717) is 37.8 Å². The second kappa shape index (κ2) is 10.4. The van der Waals surface area contributed by atoms with Crippen molar-refractivity contribution >= 4 is 5.82 Å². The lowest BCUT2D eigenvalue weighted by Gasteiger charge is -2.37. The van der Waals surface area contributed by atoms with Gasteiger partial charge in [-0.05, 0) is 30.7 Å². The number of unbranched alkanes of at least 4 members (excludes halogenated alkanes) is 1. The molecule has 3 heterocycles. The summed E-state index contributed by atoms with van der Waals surface area (Å²) in [5.74, 6) is -3.24. The number of piperidine rings is 1. The van der Waals surface area contributed by atoms with Gasteiger partial charge >= 0.3 is 6.18 Å². The summed E-state index contributed by atoms with van der Waals surface area (Å²) in [7, 11) is 0. The average Bonchev–Trinajstić information content (AvgIpc) is 3.24. The van der Waals surface area contributed by atoms with Crippen molar-refractivity contribution in [2.45, 2.75) is 51.9 Å². The Morgan fingerprint density at radius 1 is 1.08 bits per heavy atom. The number of ether oxygens (including phenoxy) is 1. The van der Waals surface area contributed by atoms with E-state index < -0.39 is 29.2 Å². The van der Waals surface area contributed by atoms with Crippen LogP contribution in [-0.2, 0) is 12.7 Å². The number of hydrogen-bond acceptors (Lipinski definition) is 4. The van der Waals surface area contributed by atoms with Crippen LogP contribution in [0.1, 0.15) is 38.7 Å². The van der Waals surface area contributed by atoms with Gasteiger partial charge in [-0.15, -0.1) is 0 Å². The van der Waals surface area contributed by atoms with Crippen molar-refractivity contribution in [2.24, 2.45) is 5.92 Å². The van der Waals surface area contributed by atoms with E-state index in [1.54, 1.807) is 10.7 Å². The van der Waals surface area contributed by atoms with Gasteiger partial charge in [-0.1, -0.05) is 20.3 Å². The van der Waals surface area contributed by atoms with Gasteiger partial charge in [0.15, 0.2) is 17.5 Å². The predicted octanol–water partition coefficient (Wildman–Crippen LogP) is 6.48. The first-order chi connectivity index (χ1) is 17.1. The highest BCUT2D eigenvalue weighted by Crippen LogP contribution is 2.32. The first-order valence-corrected chi connectivity index (χ1v) is 11.7.